The molecule has 0 nitrogen and oxygen atoms in total. The second-order valence-electron chi connectivity index (χ2n) is 13.7. The Morgan fingerprint density at radius 1 is 1.00 bits per heavy atom. The highest BCUT2D eigenvalue weighted by molar-refractivity contribution is 5.31. The average Bonchev–Trinajstić information content (AvgIpc) is 2.85. The molecular formula is C40H56. The molecule has 2 aliphatic carbocycles. The molecule has 40 heavy (non-hydrogen) atoms. The van der Waals surface area contributed by atoms with Crippen LogP contribution in [0.2, 0.25) is 0 Å². The lowest BCUT2D eigenvalue weighted by Crippen LogP contribution is -2.26. The summed E-state index contributed by atoms with van der Waals surface area (Å²) < 4.78 is 0. The lowest BCUT2D eigenvalue weighted by atomic mass is 9.68. The summed E-state index contributed by atoms with van der Waals surface area (Å²) in [6.45, 7) is 22.8. The molecule has 0 aromatic rings. The van der Waals surface area contributed by atoms with E-state index in [2.05, 4.69) is 135 Å². The summed E-state index contributed by atoms with van der Waals surface area (Å²) in [6.07, 6.45) is 21.6. The van der Waals surface area contributed by atoms with Gasteiger partial charge in [0.25, 0.3) is 0 Å². The van der Waals surface area contributed by atoms with Crippen molar-refractivity contribution in [3.8, 4) is 35.5 Å². The first kappa shape index (κ1) is 33.6. The molecule has 0 aromatic carbocycles. The van der Waals surface area contributed by atoms with E-state index < -0.39 is 0 Å². The Hall–Kier alpha value is -2.62. The number of rotatable bonds is 7. The van der Waals surface area contributed by atoms with Crippen LogP contribution in [-0.2, 0) is 0 Å². The quantitative estimate of drug-likeness (QED) is 0.224. The van der Waals surface area contributed by atoms with Crippen molar-refractivity contribution in [3.05, 3.63) is 58.2 Å². The Bertz CT molecular complexity index is 1200. The number of allylic oxidation sites excluding steroid dienone is 10. The predicted molar refractivity (Wildman–Crippen MR) is 177 cm³/mol. The normalized spacial score (nSPS) is 22.2. The SMILES string of the molecule is CC1=CCCC(C)(C)C1/C=C/C(C)CC#CC(C)C#CC/C=C(\C)C#CC/C(C)=C/CC1=C(C)CCCC1(C)C. The monoisotopic (exact) mass is 536 g/mol. The molecule has 2 rings (SSSR count). The van der Waals surface area contributed by atoms with Gasteiger partial charge in [-0.2, -0.15) is 0 Å². The molecular weight excluding hydrogens is 480 g/mol. The molecule has 0 bridgehead atoms. The predicted octanol–water partition coefficient (Wildman–Crippen LogP) is 11.2. The van der Waals surface area contributed by atoms with Crippen molar-refractivity contribution in [1.82, 2.24) is 0 Å². The van der Waals surface area contributed by atoms with Crippen molar-refractivity contribution in [2.45, 2.75) is 127 Å². The highest BCUT2D eigenvalue weighted by atomic mass is 14.4. The lowest BCUT2D eigenvalue weighted by molar-refractivity contribution is 0.255. The van der Waals surface area contributed by atoms with E-state index in [1.54, 1.807) is 11.1 Å². The summed E-state index contributed by atoms with van der Waals surface area (Å²) in [6, 6.07) is 0. The average molecular weight is 537 g/mol. The molecule has 3 atom stereocenters. The molecule has 0 saturated carbocycles. The molecule has 2 aliphatic rings. The summed E-state index contributed by atoms with van der Waals surface area (Å²) in [5, 5.41) is 0. The molecule has 0 saturated heterocycles. The Balaban J connectivity index is 1.77. The van der Waals surface area contributed by atoms with E-state index in [0.717, 1.165) is 31.3 Å². The first-order valence-electron chi connectivity index (χ1n) is 15.6. The van der Waals surface area contributed by atoms with Crippen LogP contribution >= 0.6 is 0 Å². The molecule has 0 heterocycles. The van der Waals surface area contributed by atoms with Gasteiger partial charge in [0.05, 0.1) is 5.92 Å². The minimum Gasteiger partial charge on any atom is -0.101 e. The molecule has 0 heteroatoms. The summed E-state index contributed by atoms with van der Waals surface area (Å²) in [4.78, 5) is 0. The van der Waals surface area contributed by atoms with Crippen LogP contribution < -0.4 is 0 Å². The van der Waals surface area contributed by atoms with Gasteiger partial charge >= 0.3 is 0 Å². The third-order valence-electron chi connectivity index (χ3n) is 8.78. The van der Waals surface area contributed by atoms with Crippen LogP contribution in [0.3, 0.4) is 0 Å². The van der Waals surface area contributed by atoms with Gasteiger partial charge in [0, 0.05) is 25.2 Å². The third kappa shape index (κ3) is 11.5. The number of hydrogen-bond acceptors (Lipinski definition) is 0. The van der Waals surface area contributed by atoms with Crippen LogP contribution in [0.25, 0.3) is 0 Å². The zero-order chi connectivity index (χ0) is 29.8. The van der Waals surface area contributed by atoms with E-state index in [4.69, 9.17) is 0 Å². The zero-order valence-corrected chi connectivity index (χ0v) is 27.5. The van der Waals surface area contributed by atoms with Crippen LogP contribution in [0.15, 0.2) is 58.2 Å². The zero-order valence-electron chi connectivity index (χ0n) is 27.5. The molecule has 0 N–H and O–H groups in total. The molecule has 0 aliphatic heterocycles. The van der Waals surface area contributed by atoms with Crippen molar-refractivity contribution in [2.75, 3.05) is 0 Å². The van der Waals surface area contributed by atoms with Gasteiger partial charge in [0.2, 0.25) is 0 Å². The second-order valence-corrected chi connectivity index (χ2v) is 13.7. The van der Waals surface area contributed by atoms with Crippen LogP contribution in [0.5, 0.6) is 0 Å². The van der Waals surface area contributed by atoms with E-state index in [1.165, 1.54) is 43.3 Å². The van der Waals surface area contributed by atoms with Gasteiger partial charge in [-0.25, -0.2) is 0 Å². The van der Waals surface area contributed by atoms with Crippen molar-refractivity contribution in [3.63, 3.8) is 0 Å². The summed E-state index contributed by atoms with van der Waals surface area (Å²) in [5.74, 6) is 21.0. The van der Waals surface area contributed by atoms with Gasteiger partial charge in [-0.15, -0.1) is 5.92 Å². The van der Waals surface area contributed by atoms with E-state index in [-0.39, 0.29) is 5.92 Å². The fourth-order valence-corrected chi connectivity index (χ4v) is 6.02. The minimum absolute atomic E-state index is 0.0964. The smallest absolute Gasteiger partial charge is 0.0783 e. The fourth-order valence-electron chi connectivity index (χ4n) is 6.02. The first-order valence-corrected chi connectivity index (χ1v) is 15.6. The molecule has 0 aromatic heterocycles. The van der Waals surface area contributed by atoms with Crippen molar-refractivity contribution in [2.24, 2.45) is 28.6 Å². The van der Waals surface area contributed by atoms with E-state index in [0.29, 0.717) is 22.7 Å². The van der Waals surface area contributed by atoms with Crippen LogP contribution in [0, 0.1) is 64.1 Å². The van der Waals surface area contributed by atoms with Crippen LogP contribution in [-0.4, -0.2) is 0 Å². The van der Waals surface area contributed by atoms with Crippen LogP contribution in [0.4, 0.5) is 0 Å². The Kier molecular flexibility index (Phi) is 13.4. The lowest BCUT2D eigenvalue weighted by Gasteiger charge is -2.36. The van der Waals surface area contributed by atoms with Gasteiger partial charge in [-0.1, -0.05) is 117 Å². The van der Waals surface area contributed by atoms with E-state index in [1.807, 2.05) is 0 Å². The van der Waals surface area contributed by atoms with Gasteiger partial charge < -0.3 is 0 Å². The molecule has 3 unspecified atom stereocenters. The molecule has 0 radical (unpaired) electrons. The highest BCUT2D eigenvalue weighted by Gasteiger charge is 2.30. The largest absolute Gasteiger partial charge is 0.101 e. The van der Waals surface area contributed by atoms with Gasteiger partial charge in [-0.3, -0.25) is 0 Å². The summed E-state index contributed by atoms with van der Waals surface area (Å²) in [7, 11) is 0. The standard InChI is InChI=1S/C40H56/c1-31(19-13-21-33(3)25-27-37-35(5)23-15-29-39(37,7)8)17-11-12-18-32(2)20-14-22-34(4)26-28-38-36(6)24-16-30-40(38,9)10/h17,24-26,28,32,34,38H,11,15-16,21-23,27,29-30H2,1-10H3/b28-26+,31-17+,33-25+. The van der Waals surface area contributed by atoms with E-state index in [9.17, 15) is 0 Å². The number of hydrogen-bond donors (Lipinski definition) is 0. The summed E-state index contributed by atoms with van der Waals surface area (Å²) in [5.41, 5.74) is 7.90. The van der Waals surface area contributed by atoms with Crippen LogP contribution in [0.1, 0.15) is 127 Å². The highest BCUT2D eigenvalue weighted by Crippen LogP contribution is 2.42. The van der Waals surface area contributed by atoms with Gasteiger partial charge in [-0.05, 0) is 95.5 Å². The first-order chi connectivity index (χ1) is 18.8. The molecule has 0 amide bonds. The molecule has 0 spiro atoms. The minimum atomic E-state index is 0.0964. The fraction of sp³-hybridized carbons (Fsp3) is 0.600. The maximum Gasteiger partial charge on any atom is 0.0783 e. The van der Waals surface area contributed by atoms with E-state index >= 15 is 0 Å². The van der Waals surface area contributed by atoms with Gasteiger partial charge in [0.1, 0.15) is 0 Å². The van der Waals surface area contributed by atoms with Crippen molar-refractivity contribution < 1.29 is 0 Å². The Labute approximate surface area is 249 Å². The Morgan fingerprint density at radius 3 is 2.42 bits per heavy atom. The Morgan fingerprint density at radius 2 is 1.73 bits per heavy atom. The maximum atomic E-state index is 3.37. The topological polar surface area (TPSA) is 0 Å². The molecule has 0 fully saturated rings. The maximum absolute atomic E-state index is 3.37. The summed E-state index contributed by atoms with van der Waals surface area (Å²) >= 11 is 0. The second kappa shape index (κ2) is 16.0. The third-order valence-corrected chi connectivity index (χ3v) is 8.78. The molecule has 216 valence electrons. The van der Waals surface area contributed by atoms with Crippen molar-refractivity contribution >= 4 is 0 Å². The van der Waals surface area contributed by atoms with Gasteiger partial charge in [0.15, 0.2) is 0 Å². The van der Waals surface area contributed by atoms with Crippen molar-refractivity contribution in [1.29, 1.82) is 0 Å².